The third kappa shape index (κ3) is 4.36. The molecule has 0 spiro atoms. The largest absolute Gasteiger partial charge is 0.352 e. The maximum Gasteiger partial charge on any atom is 0.226 e. The lowest BCUT2D eigenvalue weighted by atomic mass is 9.96. The van der Waals surface area contributed by atoms with Gasteiger partial charge >= 0.3 is 0 Å². The highest BCUT2D eigenvalue weighted by atomic mass is 19.1. The summed E-state index contributed by atoms with van der Waals surface area (Å²) in [5, 5.41) is 3.75. The van der Waals surface area contributed by atoms with E-state index in [9.17, 15) is 13.6 Å². The molecule has 1 aliphatic rings. The number of hydrogen-bond donors (Lipinski definition) is 1. The highest BCUT2D eigenvalue weighted by Crippen LogP contribution is 2.25. The number of piperidine rings is 1. The number of halogens is 2. The zero-order valence-electron chi connectivity index (χ0n) is 18.0. The fourth-order valence-corrected chi connectivity index (χ4v) is 4.06. The van der Waals surface area contributed by atoms with Crippen LogP contribution in [-0.4, -0.2) is 29.0 Å². The van der Waals surface area contributed by atoms with Gasteiger partial charge in [-0.15, -0.1) is 0 Å². The third-order valence-electron chi connectivity index (χ3n) is 6.00. The lowest BCUT2D eigenvalue weighted by molar-refractivity contribution is -0.125. The van der Waals surface area contributed by atoms with Crippen molar-refractivity contribution in [2.75, 3.05) is 18.0 Å². The minimum Gasteiger partial charge on any atom is -0.352 e. The van der Waals surface area contributed by atoms with E-state index in [-0.39, 0.29) is 23.9 Å². The van der Waals surface area contributed by atoms with Crippen molar-refractivity contribution in [3.8, 4) is 0 Å². The van der Waals surface area contributed by atoms with E-state index in [1.165, 1.54) is 17.7 Å². The van der Waals surface area contributed by atoms with Crippen molar-refractivity contribution in [1.82, 2.24) is 15.3 Å². The number of carbonyl (C=O) groups is 1. The average Bonchev–Trinajstić information content (AvgIpc) is 2.76. The SMILES string of the molecule is Cc1ccc2nc(N3CCC(C(=O)NCc4c(F)ccc(C)c4F)CC3)nc(C)c2c1. The number of fused-ring (bicyclic) bond motifs is 1. The van der Waals surface area contributed by atoms with Gasteiger partial charge in [0.05, 0.1) is 11.2 Å². The standard InChI is InChI=1S/C24H26F2N4O/c1-14-4-7-21-18(12-14)16(3)28-24(29-21)30-10-8-17(9-11-30)23(31)27-13-19-20(25)6-5-15(2)22(19)26/h4-7,12,17H,8-11,13H2,1-3H3,(H,27,31). The van der Waals surface area contributed by atoms with Gasteiger partial charge in [0.25, 0.3) is 0 Å². The number of rotatable bonds is 4. The van der Waals surface area contributed by atoms with E-state index in [0.29, 0.717) is 37.4 Å². The van der Waals surface area contributed by atoms with Crippen molar-refractivity contribution >= 4 is 22.8 Å². The first-order chi connectivity index (χ1) is 14.8. The Morgan fingerprint density at radius 2 is 1.84 bits per heavy atom. The maximum atomic E-state index is 14.1. The predicted molar refractivity (Wildman–Crippen MR) is 117 cm³/mol. The van der Waals surface area contributed by atoms with Crippen LogP contribution in [0.3, 0.4) is 0 Å². The summed E-state index contributed by atoms with van der Waals surface area (Å²) in [6.45, 7) is 6.77. The van der Waals surface area contributed by atoms with Gasteiger partial charge < -0.3 is 10.2 Å². The number of carbonyl (C=O) groups excluding carboxylic acids is 1. The molecule has 5 nitrogen and oxygen atoms in total. The second kappa shape index (κ2) is 8.57. The van der Waals surface area contributed by atoms with Crippen LogP contribution >= 0.6 is 0 Å². The Morgan fingerprint density at radius 1 is 1.10 bits per heavy atom. The molecule has 0 saturated carbocycles. The Hall–Kier alpha value is -3.09. The van der Waals surface area contributed by atoms with Crippen LogP contribution < -0.4 is 10.2 Å². The van der Waals surface area contributed by atoms with Gasteiger partial charge in [0, 0.05) is 36.5 Å². The highest BCUT2D eigenvalue weighted by Gasteiger charge is 2.27. The summed E-state index contributed by atoms with van der Waals surface area (Å²) in [6.07, 6.45) is 1.28. The molecule has 0 atom stereocenters. The molecule has 31 heavy (non-hydrogen) atoms. The van der Waals surface area contributed by atoms with E-state index in [4.69, 9.17) is 4.98 Å². The summed E-state index contributed by atoms with van der Waals surface area (Å²) in [7, 11) is 0. The summed E-state index contributed by atoms with van der Waals surface area (Å²) in [5.74, 6) is -0.939. The molecule has 1 saturated heterocycles. The van der Waals surface area contributed by atoms with Crippen LogP contribution in [0.5, 0.6) is 0 Å². The molecule has 1 N–H and O–H groups in total. The summed E-state index contributed by atoms with van der Waals surface area (Å²) < 4.78 is 28.1. The van der Waals surface area contributed by atoms with Gasteiger partial charge in [-0.25, -0.2) is 18.7 Å². The summed E-state index contributed by atoms with van der Waals surface area (Å²) >= 11 is 0. The quantitative estimate of drug-likeness (QED) is 0.676. The summed E-state index contributed by atoms with van der Waals surface area (Å²) in [5.41, 5.74) is 3.28. The van der Waals surface area contributed by atoms with Crippen LogP contribution in [0.25, 0.3) is 10.9 Å². The van der Waals surface area contributed by atoms with Crippen molar-refractivity contribution in [3.05, 3.63) is 64.4 Å². The first-order valence-electron chi connectivity index (χ1n) is 10.5. The molecule has 1 aliphatic heterocycles. The van der Waals surface area contributed by atoms with E-state index in [2.05, 4.69) is 21.3 Å². The molecule has 0 aliphatic carbocycles. The number of aryl methyl sites for hydroxylation is 3. The fourth-order valence-electron chi connectivity index (χ4n) is 4.06. The smallest absolute Gasteiger partial charge is 0.226 e. The number of hydrogen-bond acceptors (Lipinski definition) is 4. The zero-order chi connectivity index (χ0) is 22.1. The summed E-state index contributed by atoms with van der Waals surface area (Å²) in [6, 6.07) is 8.75. The molecule has 2 aromatic carbocycles. The van der Waals surface area contributed by atoms with Gasteiger partial charge in [0.1, 0.15) is 11.6 Å². The van der Waals surface area contributed by atoms with Gasteiger partial charge in [-0.05, 0) is 57.4 Å². The van der Waals surface area contributed by atoms with Crippen molar-refractivity contribution in [2.45, 2.75) is 40.2 Å². The van der Waals surface area contributed by atoms with E-state index in [1.54, 1.807) is 6.92 Å². The first kappa shape index (κ1) is 21.2. The monoisotopic (exact) mass is 424 g/mol. The lowest BCUT2D eigenvalue weighted by Gasteiger charge is -2.31. The van der Waals surface area contributed by atoms with Crippen molar-refractivity contribution in [3.63, 3.8) is 0 Å². The minimum absolute atomic E-state index is 0.0962. The number of aromatic nitrogens is 2. The molecule has 1 amide bonds. The maximum absolute atomic E-state index is 14.1. The van der Waals surface area contributed by atoms with Gasteiger partial charge in [-0.2, -0.15) is 0 Å². The Morgan fingerprint density at radius 3 is 2.58 bits per heavy atom. The Bertz CT molecular complexity index is 1140. The third-order valence-corrected chi connectivity index (χ3v) is 6.00. The second-order valence-electron chi connectivity index (χ2n) is 8.27. The Balaban J connectivity index is 1.39. The molecule has 0 radical (unpaired) electrons. The number of nitrogens with zero attached hydrogens (tertiary/aromatic N) is 3. The normalized spacial score (nSPS) is 14.8. The van der Waals surface area contributed by atoms with Gasteiger partial charge in [-0.3, -0.25) is 4.79 Å². The highest BCUT2D eigenvalue weighted by molar-refractivity contribution is 5.82. The molecular weight excluding hydrogens is 398 g/mol. The Kier molecular flexibility index (Phi) is 5.85. The molecule has 4 rings (SSSR count). The van der Waals surface area contributed by atoms with E-state index in [1.807, 2.05) is 26.0 Å². The number of anilines is 1. The van der Waals surface area contributed by atoms with Gasteiger partial charge in [0.15, 0.2) is 0 Å². The van der Waals surface area contributed by atoms with Gasteiger partial charge in [-0.1, -0.05) is 17.7 Å². The summed E-state index contributed by atoms with van der Waals surface area (Å²) in [4.78, 5) is 24.0. The van der Waals surface area contributed by atoms with Crippen molar-refractivity contribution < 1.29 is 13.6 Å². The molecule has 0 unspecified atom stereocenters. The second-order valence-corrected chi connectivity index (χ2v) is 8.27. The lowest BCUT2D eigenvalue weighted by Crippen LogP contribution is -2.41. The average molecular weight is 424 g/mol. The van der Waals surface area contributed by atoms with Crippen LogP contribution in [0, 0.1) is 38.3 Å². The molecule has 1 aromatic heterocycles. The molecule has 1 fully saturated rings. The fraction of sp³-hybridized carbons (Fsp3) is 0.375. The molecule has 0 bridgehead atoms. The molecule has 7 heteroatoms. The van der Waals surface area contributed by atoms with E-state index in [0.717, 1.165) is 16.6 Å². The predicted octanol–water partition coefficient (Wildman–Crippen LogP) is 4.37. The molecular formula is C24H26F2N4O. The number of benzene rings is 2. The number of nitrogens with one attached hydrogen (secondary N) is 1. The minimum atomic E-state index is -0.641. The van der Waals surface area contributed by atoms with Crippen LogP contribution in [0.1, 0.15) is 35.2 Å². The van der Waals surface area contributed by atoms with Crippen molar-refractivity contribution in [2.24, 2.45) is 5.92 Å². The topological polar surface area (TPSA) is 58.1 Å². The van der Waals surface area contributed by atoms with Crippen molar-refractivity contribution in [1.29, 1.82) is 0 Å². The van der Waals surface area contributed by atoms with E-state index < -0.39 is 11.6 Å². The molecule has 3 aromatic rings. The first-order valence-corrected chi connectivity index (χ1v) is 10.5. The van der Waals surface area contributed by atoms with E-state index >= 15 is 0 Å². The van der Waals surface area contributed by atoms with Crippen LogP contribution in [0.4, 0.5) is 14.7 Å². The van der Waals surface area contributed by atoms with Crippen LogP contribution in [-0.2, 0) is 11.3 Å². The van der Waals surface area contributed by atoms with Crippen LogP contribution in [0.15, 0.2) is 30.3 Å². The van der Waals surface area contributed by atoms with Crippen LogP contribution in [0.2, 0.25) is 0 Å². The molecule has 162 valence electrons. The number of amides is 1. The van der Waals surface area contributed by atoms with Gasteiger partial charge in [0.2, 0.25) is 11.9 Å². The molecule has 2 heterocycles. The zero-order valence-corrected chi connectivity index (χ0v) is 18.0. The Labute approximate surface area is 180 Å².